The lowest BCUT2D eigenvalue weighted by Gasteiger charge is -2.14. The van der Waals surface area contributed by atoms with Crippen molar-refractivity contribution >= 4 is 28.2 Å². The Kier molecular flexibility index (Phi) is 5.48. The highest BCUT2D eigenvalue weighted by Crippen LogP contribution is 2.29. The average Bonchev–Trinajstić information content (AvgIpc) is 3.41. The number of nitrogens with zero attached hydrogens (tertiary/aromatic N) is 1. The third kappa shape index (κ3) is 4.25. The minimum atomic E-state index is -0.276. The van der Waals surface area contributed by atoms with Gasteiger partial charge in [0.05, 0.1) is 24.4 Å². The Hall–Kier alpha value is -3.32. The molecule has 1 N–H and O–H groups in total. The summed E-state index contributed by atoms with van der Waals surface area (Å²) in [5, 5.41) is 5.89. The van der Waals surface area contributed by atoms with Crippen LogP contribution in [0.3, 0.4) is 0 Å². The quantitative estimate of drug-likeness (QED) is 0.467. The lowest BCUT2D eigenvalue weighted by molar-refractivity contribution is 0.0935. The van der Waals surface area contributed by atoms with Crippen molar-refractivity contribution in [3.63, 3.8) is 0 Å². The monoisotopic (exact) mass is 408 g/mol. The molecule has 2 aromatic carbocycles. The van der Waals surface area contributed by atoms with Crippen LogP contribution in [0.25, 0.3) is 11.0 Å². The van der Waals surface area contributed by atoms with Gasteiger partial charge in [-0.15, -0.1) is 11.3 Å². The number of carbonyl (C=O) groups is 1. The van der Waals surface area contributed by atoms with Crippen LogP contribution in [0.15, 0.2) is 63.8 Å². The standard InChI is InChI=1S/C22H20N2O4S/c1-14(20-9-15-5-3-4-6-18(15)28-20)24-22(25)16-7-8-19(21(10-16)26-2)27-11-17-12-29-13-23-17/h3-10,12-14H,11H2,1-2H3,(H,24,25)/t14-/m0/s1. The number of para-hydroxylation sites is 1. The summed E-state index contributed by atoms with van der Waals surface area (Å²) in [6.07, 6.45) is 0. The number of rotatable bonds is 7. The smallest absolute Gasteiger partial charge is 0.252 e. The van der Waals surface area contributed by atoms with Crippen molar-refractivity contribution in [2.24, 2.45) is 0 Å². The first kappa shape index (κ1) is 19.0. The minimum absolute atomic E-state index is 0.220. The number of aromatic nitrogens is 1. The molecular formula is C22H20N2O4S. The second-order valence-corrected chi connectivity index (χ2v) is 7.23. The Morgan fingerprint density at radius 1 is 1.21 bits per heavy atom. The van der Waals surface area contributed by atoms with Crippen molar-refractivity contribution in [1.29, 1.82) is 0 Å². The average molecular weight is 408 g/mol. The molecule has 2 heterocycles. The van der Waals surface area contributed by atoms with Crippen LogP contribution in [-0.2, 0) is 6.61 Å². The van der Waals surface area contributed by atoms with E-state index in [1.807, 2.05) is 42.6 Å². The van der Waals surface area contributed by atoms with Crippen LogP contribution in [0.2, 0.25) is 0 Å². The lowest BCUT2D eigenvalue weighted by atomic mass is 10.1. The molecular weight excluding hydrogens is 388 g/mol. The summed E-state index contributed by atoms with van der Waals surface area (Å²) >= 11 is 1.51. The van der Waals surface area contributed by atoms with Gasteiger partial charge in [0.1, 0.15) is 18.0 Å². The van der Waals surface area contributed by atoms with Crippen LogP contribution in [0.5, 0.6) is 11.5 Å². The van der Waals surface area contributed by atoms with Crippen molar-refractivity contribution in [3.05, 3.63) is 76.4 Å². The molecule has 0 saturated heterocycles. The molecule has 0 fully saturated rings. The predicted octanol–water partition coefficient (Wildman–Crippen LogP) is 4.97. The van der Waals surface area contributed by atoms with E-state index in [9.17, 15) is 4.79 Å². The summed E-state index contributed by atoms with van der Waals surface area (Å²) in [4.78, 5) is 16.9. The summed E-state index contributed by atoms with van der Waals surface area (Å²) in [5.74, 6) is 1.53. The van der Waals surface area contributed by atoms with E-state index in [1.165, 1.54) is 11.3 Å². The number of methoxy groups -OCH3 is 1. The van der Waals surface area contributed by atoms with Crippen LogP contribution < -0.4 is 14.8 Å². The van der Waals surface area contributed by atoms with Gasteiger partial charge in [0.2, 0.25) is 0 Å². The molecule has 1 amide bonds. The molecule has 0 spiro atoms. The number of nitrogens with one attached hydrogen (secondary N) is 1. The van der Waals surface area contributed by atoms with E-state index in [0.717, 1.165) is 16.7 Å². The van der Waals surface area contributed by atoms with E-state index in [4.69, 9.17) is 13.9 Å². The highest BCUT2D eigenvalue weighted by atomic mass is 32.1. The maximum Gasteiger partial charge on any atom is 0.252 e. The van der Waals surface area contributed by atoms with Gasteiger partial charge in [0.15, 0.2) is 11.5 Å². The van der Waals surface area contributed by atoms with Crippen LogP contribution in [-0.4, -0.2) is 18.0 Å². The number of furan rings is 1. The highest BCUT2D eigenvalue weighted by molar-refractivity contribution is 7.07. The molecule has 148 valence electrons. The minimum Gasteiger partial charge on any atom is -0.493 e. The van der Waals surface area contributed by atoms with E-state index in [-0.39, 0.29) is 11.9 Å². The molecule has 0 saturated carbocycles. The van der Waals surface area contributed by atoms with Gasteiger partial charge in [-0.05, 0) is 37.3 Å². The summed E-state index contributed by atoms with van der Waals surface area (Å²) in [5.41, 5.74) is 3.88. The first-order chi connectivity index (χ1) is 14.1. The number of benzene rings is 2. The molecule has 0 bridgehead atoms. The Labute approximate surface area is 172 Å². The maximum atomic E-state index is 12.7. The second-order valence-electron chi connectivity index (χ2n) is 6.52. The number of hydrogen-bond acceptors (Lipinski definition) is 6. The van der Waals surface area contributed by atoms with Crippen LogP contribution in [0.4, 0.5) is 0 Å². The third-order valence-electron chi connectivity index (χ3n) is 4.50. The number of carbonyl (C=O) groups excluding carboxylic acids is 1. The fourth-order valence-corrected chi connectivity index (χ4v) is 3.50. The van der Waals surface area contributed by atoms with Crippen LogP contribution >= 0.6 is 11.3 Å². The first-order valence-corrected chi connectivity index (χ1v) is 10.1. The lowest BCUT2D eigenvalue weighted by Crippen LogP contribution is -2.26. The molecule has 0 unspecified atom stereocenters. The number of ether oxygens (including phenoxy) is 2. The molecule has 0 aliphatic heterocycles. The first-order valence-electron chi connectivity index (χ1n) is 9.11. The van der Waals surface area contributed by atoms with Gasteiger partial charge in [0, 0.05) is 16.3 Å². The topological polar surface area (TPSA) is 73.6 Å². The molecule has 29 heavy (non-hydrogen) atoms. The molecule has 1 atom stereocenters. The molecule has 0 aliphatic rings. The van der Waals surface area contributed by atoms with Crippen molar-refractivity contribution in [1.82, 2.24) is 10.3 Å². The molecule has 4 aromatic rings. The number of thiazole rings is 1. The number of fused-ring (bicyclic) bond motifs is 1. The largest absolute Gasteiger partial charge is 0.493 e. The highest BCUT2D eigenvalue weighted by Gasteiger charge is 2.17. The molecule has 6 nitrogen and oxygen atoms in total. The summed E-state index contributed by atoms with van der Waals surface area (Å²) < 4.78 is 17.0. The van der Waals surface area contributed by atoms with Gasteiger partial charge in [-0.2, -0.15) is 0 Å². The fourth-order valence-electron chi connectivity index (χ4n) is 2.96. The van der Waals surface area contributed by atoms with Gasteiger partial charge in [-0.3, -0.25) is 4.79 Å². The molecule has 2 aromatic heterocycles. The third-order valence-corrected chi connectivity index (χ3v) is 5.14. The van der Waals surface area contributed by atoms with E-state index in [0.29, 0.717) is 29.4 Å². The zero-order valence-electron chi connectivity index (χ0n) is 16.0. The van der Waals surface area contributed by atoms with Gasteiger partial charge >= 0.3 is 0 Å². The van der Waals surface area contributed by atoms with Crippen LogP contribution in [0.1, 0.15) is 34.8 Å². The van der Waals surface area contributed by atoms with Crippen LogP contribution in [0, 0.1) is 0 Å². The number of amides is 1. The Balaban J connectivity index is 1.46. The van der Waals surface area contributed by atoms with Crippen molar-refractivity contribution in [3.8, 4) is 11.5 Å². The molecule has 0 aliphatic carbocycles. The van der Waals surface area contributed by atoms with Crippen molar-refractivity contribution < 1.29 is 18.7 Å². The van der Waals surface area contributed by atoms with Crippen molar-refractivity contribution in [2.45, 2.75) is 19.6 Å². The Morgan fingerprint density at radius 3 is 2.83 bits per heavy atom. The number of hydrogen-bond donors (Lipinski definition) is 1. The maximum absolute atomic E-state index is 12.7. The zero-order valence-corrected chi connectivity index (χ0v) is 16.9. The SMILES string of the molecule is COc1cc(C(=O)N[C@@H](C)c2cc3ccccc3o2)ccc1OCc1cscn1. The van der Waals surface area contributed by atoms with Gasteiger partial charge in [-0.25, -0.2) is 4.98 Å². The molecule has 4 rings (SSSR count). The zero-order chi connectivity index (χ0) is 20.2. The fraction of sp³-hybridized carbons (Fsp3) is 0.182. The van der Waals surface area contributed by atoms with E-state index in [2.05, 4.69) is 10.3 Å². The van der Waals surface area contributed by atoms with Gasteiger partial charge in [-0.1, -0.05) is 18.2 Å². The van der Waals surface area contributed by atoms with E-state index >= 15 is 0 Å². The summed E-state index contributed by atoms with van der Waals surface area (Å²) in [6.45, 7) is 2.23. The second kappa shape index (κ2) is 8.36. The van der Waals surface area contributed by atoms with Gasteiger partial charge < -0.3 is 19.2 Å². The Bertz CT molecular complexity index is 1090. The molecule has 0 radical (unpaired) electrons. The molecule has 7 heteroatoms. The summed E-state index contributed by atoms with van der Waals surface area (Å²) in [7, 11) is 1.55. The predicted molar refractivity (Wildman–Crippen MR) is 112 cm³/mol. The van der Waals surface area contributed by atoms with Gasteiger partial charge in [0.25, 0.3) is 5.91 Å². The summed E-state index contributed by atoms with van der Waals surface area (Å²) in [6, 6.07) is 14.5. The van der Waals surface area contributed by atoms with E-state index in [1.54, 1.807) is 30.8 Å². The Morgan fingerprint density at radius 2 is 2.07 bits per heavy atom. The van der Waals surface area contributed by atoms with Crippen molar-refractivity contribution in [2.75, 3.05) is 7.11 Å². The van der Waals surface area contributed by atoms with E-state index < -0.39 is 0 Å². The normalized spacial score (nSPS) is 11.9.